The van der Waals surface area contributed by atoms with E-state index < -0.39 is 10.1 Å². The molecule has 6 heteroatoms. The lowest BCUT2D eigenvalue weighted by molar-refractivity contribution is 0.0576. The van der Waals surface area contributed by atoms with Gasteiger partial charge in [0.2, 0.25) is 0 Å². The molecule has 2 rings (SSSR count). The molecule has 0 radical (unpaired) electrons. The highest BCUT2D eigenvalue weighted by atomic mass is 32.2. The minimum atomic E-state index is -3.41. The van der Waals surface area contributed by atoms with E-state index >= 15 is 0 Å². The molecule has 0 saturated carbocycles. The van der Waals surface area contributed by atoms with E-state index in [0.29, 0.717) is 19.8 Å². The number of rotatable bonds is 8. The Hall–Kier alpha value is -0.950. The number of benzene rings is 1. The minimum Gasteiger partial charge on any atom is -0.376 e. The number of hydrogen-bond acceptors (Lipinski definition) is 5. The molecule has 19 heavy (non-hydrogen) atoms. The number of ether oxygens (including phenoxy) is 2. The molecule has 0 aliphatic carbocycles. The van der Waals surface area contributed by atoms with Crippen LogP contribution in [0.4, 0.5) is 0 Å². The Bertz CT molecular complexity index is 481. The standard InChI is InChI=1S/C13H18O5S/c1-19(14,15)18-9-12(13-10-17-13)8-16-7-11-5-3-2-4-6-11/h2-6,12-13H,7-10H2,1H3/t12?,13-/m0/s1. The second kappa shape index (κ2) is 6.47. The third kappa shape index (κ3) is 5.69. The maximum atomic E-state index is 11.0. The first-order valence-electron chi connectivity index (χ1n) is 6.12. The van der Waals surface area contributed by atoms with Crippen LogP contribution in [0.1, 0.15) is 5.56 Å². The summed E-state index contributed by atoms with van der Waals surface area (Å²) in [4.78, 5) is 0. The topological polar surface area (TPSA) is 65.1 Å². The van der Waals surface area contributed by atoms with Gasteiger partial charge < -0.3 is 9.47 Å². The SMILES string of the molecule is CS(=O)(=O)OCC(COCc1ccccc1)[C@@H]1CO1. The van der Waals surface area contributed by atoms with Gasteiger partial charge in [-0.25, -0.2) is 0 Å². The molecule has 1 aliphatic heterocycles. The highest BCUT2D eigenvalue weighted by Crippen LogP contribution is 2.22. The molecule has 1 heterocycles. The molecular weight excluding hydrogens is 268 g/mol. The second-order valence-electron chi connectivity index (χ2n) is 4.62. The quantitative estimate of drug-likeness (QED) is 0.530. The summed E-state index contributed by atoms with van der Waals surface area (Å²) in [5.41, 5.74) is 1.09. The van der Waals surface area contributed by atoms with Crippen LogP contribution < -0.4 is 0 Å². The van der Waals surface area contributed by atoms with E-state index in [4.69, 9.17) is 13.7 Å². The van der Waals surface area contributed by atoms with E-state index in [1.807, 2.05) is 30.3 Å². The van der Waals surface area contributed by atoms with Gasteiger partial charge in [-0.3, -0.25) is 4.18 Å². The summed E-state index contributed by atoms with van der Waals surface area (Å²) >= 11 is 0. The van der Waals surface area contributed by atoms with E-state index in [2.05, 4.69) is 0 Å². The molecule has 2 atom stereocenters. The van der Waals surface area contributed by atoms with Crippen LogP contribution in [0.25, 0.3) is 0 Å². The van der Waals surface area contributed by atoms with Crippen molar-refractivity contribution in [3.8, 4) is 0 Å². The predicted octanol–water partition coefficient (Wildman–Crippen LogP) is 1.19. The van der Waals surface area contributed by atoms with Gasteiger partial charge in [0.05, 0.1) is 38.8 Å². The molecule has 1 unspecified atom stereocenters. The molecule has 0 bridgehead atoms. The molecule has 1 aliphatic rings. The first kappa shape index (κ1) is 14.5. The van der Waals surface area contributed by atoms with Crippen LogP contribution in [0.3, 0.4) is 0 Å². The molecular formula is C13H18O5S. The van der Waals surface area contributed by atoms with Gasteiger partial charge in [0.25, 0.3) is 10.1 Å². The fraction of sp³-hybridized carbons (Fsp3) is 0.538. The smallest absolute Gasteiger partial charge is 0.264 e. The van der Waals surface area contributed by atoms with Crippen molar-refractivity contribution in [3.05, 3.63) is 35.9 Å². The molecule has 0 aromatic heterocycles. The van der Waals surface area contributed by atoms with E-state index in [9.17, 15) is 8.42 Å². The van der Waals surface area contributed by atoms with Crippen molar-refractivity contribution in [1.82, 2.24) is 0 Å². The number of hydrogen-bond donors (Lipinski definition) is 0. The Morgan fingerprint density at radius 3 is 2.58 bits per heavy atom. The van der Waals surface area contributed by atoms with E-state index in [1.54, 1.807) is 0 Å². The van der Waals surface area contributed by atoms with Gasteiger partial charge in [0.1, 0.15) is 0 Å². The van der Waals surface area contributed by atoms with Crippen LogP contribution in [0.5, 0.6) is 0 Å². The Morgan fingerprint density at radius 1 is 1.32 bits per heavy atom. The molecule has 0 N–H and O–H groups in total. The maximum absolute atomic E-state index is 11.0. The van der Waals surface area contributed by atoms with Gasteiger partial charge in [-0.2, -0.15) is 8.42 Å². The van der Waals surface area contributed by atoms with Gasteiger partial charge >= 0.3 is 0 Å². The summed E-state index contributed by atoms with van der Waals surface area (Å²) in [5.74, 6) is -0.0431. The molecule has 1 saturated heterocycles. The summed E-state index contributed by atoms with van der Waals surface area (Å²) in [5, 5.41) is 0. The third-order valence-corrected chi connectivity index (χ3v) is 3.39. The van der Waals surface area contributed by atoms with Crippen molar-refractivity contribution in [2.45, 2.75) is 12.7 Å². The van der Waals surface area contributed by atoms with E-state index in [0.717, 1.165) is 11.8 Å². The zero-order valence-corrected chi connectivity index (χ0v) is 11.6. The third-order valence-electron chi connectivity index (χ3n) is 2.82. The van der Waals surface area contributed by atoms with E-state index in [-0.39, 0.29) is 18.6 Å². The van der Waals surface area contributed by atoms with Crippen LogP contribution in [-0.2, 0) is 30.4 Å². The number of epoxide rings is 1. The zero-order chi connectivity index (χ0) is 13.7. The Balaban J connectivity index is 1.75. The molecule has 1 aromatic rings. The summed E-state index contributed by atoms with van der Waals surface area (Å²) in [7, 11) is -3.41. The van der Waals surface area contributed by atoms with Crippen molar-refractivity contribution in [1.29, 1.82) is 0 Å². The summed E-state index contributed by atoms with van der Waals surface area (Å²) in [6, 6.07) is 9.81. The summed E-state index contributed by atoms with van der Waals surface area (Å²) in [6.45, 7) is 1.68. The van der Waals surface area contributed by atoms with Crippen molar-refractivity contribution in [2.75, 3.05) is 26.1 Å². The summed E-state index contributed by atoms with van der Waals surface area (Å²) < 4.78 is 37.5. The van der Waals surface area contributed by atoms with Crippen molar-refractivity contribution >= 4 is 10.1 Å². The fourth-order valence-electron chi connectivity index (χ4n) is 1.70. The molecule has 0 amide bonds. The van der Waals surface area contributed by atoms with Crippen molar-refractivity contribution in [3.63, 3.8) is 0 Å². The van der Waals surface area contributed by atoms with Crippen LogP contribution in [0, 0.1) is 5.92 Å². The maximum Gasteiger partial charge on any atom is 0.264 e. The van der Waals surface area contributed by atoms with Crippen LogP contribution in [0.15, 0.2) is 30.3 Å². The Morgan fingerprint density at radius 2 is 2.00 bits per heavy atom. The second-order valence-corrected chi connectivity index (χ2v) is 6.27. The minimum absolute atomic E-state index is 0.0431. The van der Waals surface area contributed by atoms with Gasteiger partial charge in [-0.15, -0.1) is 0 Å². The molecule has 0 spiro atoms. The summed E-state index contributed by atoms with van der Waals surface area (Å²) in [6.07, 6.45) is 1.10. The first-order valence-corrected chi connectivity index (χ1v) is 7.94. The van der Waals surface area contributed by atoms with Gasteiger partial charge in [-0.05, 0) is 5.56 Å². The largest absolute Gasteiger partial charge is 0.376 e. The van der Waals surface area contributed by atoms with E-state index in [1.165, 1.54) is 0 Å². The lowest BCUT2D eigenvalue weighted by Crippen LogP contribution is -2.23. The Labute approximate surface area is 113 Å². The van der Waals surface area contributed by atoms with Crippen molar-refractivity contribution in [2.24, 2.45) is 5.92 Å². The molecule has 1 aromatic carbocycles. The van der Waals surface area contributed by atoms with Crippen LogP contribution in [0.2, 0.25) is 0 Å². The average molecular weight is 286 g/mol. The molecule has 106 valence electrons. The predicted molar refractivity (Wildman–Crippen MR) is 70.1 cm³/mol. The fourth-order valence-corrected chi connectivity index (χ4v) is 2.13. The molecule has 1 fully saturated rings. The normalized spacial score (nSPS) is 20.2. The van der Waals surface area contributed by atoms with Crippen LogP contribution in [-0.4, -0.2) is 40.6 Å². The monoisotopic (exact) mass is 286 g/mol. The van der Waals surface area contributed by atoms with Gasteiger partial charge in [0, 0.05) is 5.92 Å². The van der Waals surface area contributed by atoms with Gasteiger partial charge in [0.15, 0.2) is 0 Å². The average Bonchev–Trinajstić information content (AvgIpc) is 3.18. The van der Waals surface area contributed by atoms with Crippen molar-refractivity contribution < 1.29 is 22.1 Å². The Kier molecular flexibility index (Phi) is 4.93. The lowest BCUT2D eigenvalue weighted by atomic mass is 10.1. The zero-order valence-electron chi connectivity index (χ0n) is 10.8. The van der Waals surface area contributed by atoms with Gasteiger partial charge in [-0.1, -0.05) is 30.3 Å². The van der Waals surface area contributed by atoms with Crippen LogP contribution >= 0.6 is 0 Å². The highest BCUT2D eigenvalue weighted by Gasteiger charge is 2.33. The lowest BCUT2D eigenvalue weighted by Gasteiger charge is -2.14. The first-order chi connectivity index (χ1) is 9.04. The highest BCUT2D eigenvalue weighted by molar-refractivity contribution is 7.85. The molecule has 5 nitrogen and oxygen atoms in total.